The highest BCUT2D eigenvalue weighted by molar-refractivity contribution is 7.84. The van der Waals surface area contributed by atoms with Gasteiger partial charge in [0.25, 0.3) is 5.56 Å². The average Bonchev–Trinajstić information content (AvgIpc) is 2.48. The molecule has 0 aliphatic heterocycles. The molecule has 7 heteroatoms. The minimum atomic E-state index is -1.33. The summed E-state index contributed by atoms with van der Waals surface area (Å²) < 4.78 is 13.5. The van der Waals surface area contributed by atoms with Crippen molar-refractivity contribution in [1.29, 1.82) is 0 Å². The third kappa shape index (κ3) is 1.73. The molecule has 0 radical (unpaired) electrons. The summed E-state index contributed by atoms with van der Waals surface area (Å²) in [5.74, 6) is 0.803. The standard InChI is InChI=1S/C17H19N3O3S/c1-8-12-7-18-16(24(4)23)19-14(12)20(15(22)13(8)10(3)21)17-5-11(6-17)9(17)2/h7,9,11H,5-6H2,1-4H3/t9-,11?,17?,24?/m1/s1. The molecule has 2 heterocycles. The van der Waals surface area contributed by atoms with Gasteiger partial charge >= 0.3 is 0 Å². The highest BCUT2D eigenvalue weighted by atomic mass is 32.2. The van der Waals surface area contributed by atoms with Crippen LogP contribution in [-0.4, -0.2) is 30.8 Å². The number of hydrogen-bond acceptors (Lipinski definition) is 5. The lowest BCUT2D eigenvalue weighted by Gasteiger charge is -2.68. The van der Waals surface area contributed by atoms with Crippen LogP contribution in [0.1, 0.15) is 42.6 Å². The molecule has 6 nitrogen and oxygen atoms in total. The van der Waals surface area contributed by atoms with Gasteiger partial charge in [0, 0.05) is 17.8 Å². The van der Waals surface area contributed by atoms with Crippen LogP contribution in [-0.2, 0) is 16.3 Å². The Balaban J connectivity index is 2.14. The van der Waals surface area contributed by atoms with E-state index < -0.39 is 10.8 Å². The minimum Gasteiger partial charge on any atom is -0.294 e. The van der Waals surface area contributed by atoms with Crippen molar-refractivity contribution in [3.05, 3.63) is 27.7 Å². The topological polar surface area (TPSA) is 81.9 Å². The van der Waals surface area contributed by atoms with E-state index in [2.05, 4.69) is 16.9 Å². The molecular weight excluding hydrogens is 326 g/mol. The maximum atomic E-state index is 13.1. The smallest absolute Gasteiger partial charge is 0.263 e. The molecule has 0 aromatic carbocycles. The van der Waals surface area contributed by atoms with Gasteiger partial charge in [-0.05, 0) is 44.1 Å². The van der Waals surface area contributed by atoms with E-state index in [0.717, 1.165) is 12.8 Å². The van der Waals surface area contributed by atoms with E-state index in [4.69, 9.17) is 0 Å². The van der Waals surface area contributed by atoms with E-state index in [1.165, 1.54) is 13.2 Å². The van der Waals surface area contributed by atoms with Gasteiger partial charge in [-0.25, -0.2) is 9.97 Å². The van der Waals surface area contributed by atoms with Crippen molar-refractivity contribution in [3.63, 3.8) is 0 Å². The summed E-state index contributed by atoms with van der Waals surface area (Å²) in [7, 11) is -1.33. The fourth-order valence-corrected chi connectivity index (χ4v) is 4.76. The lowest BCUT2D eigenvalue weighted by atomic mass is 9.42. The number of hydrogen-bond donors (Lipinski definition) is 0. The van der Waals surface area contributed by atoms with E-state index in [1.54, 1.807) is 17.7 Å². The van der Waals surface area contributed by atoms with Crippen LogP contribution in [0.25, 0.3) is 11.0 Å². The number of ketones is 1. The Kier molecular flexibility index (Phi) is 3.13. The van der Waals surface area contributed by atoms with Gasteiger partial charge in [0.2, 0.25) is 5.16 Å². The molecule has 126 valence electrons. The second kappa shape index (κ2) is 4.81. The summed E-state index contributed by atoms with van der Waals surface area (Å²) in [4.78, 5) is 33.8. The van der Waals surface area contributed by atoms with Gasteiger partial charge < -0.3 is 0 Å². The number of rotatable bonds is 3. The molecule has 3 fully saturated rings. The zero-order chi connectivity index (χ0) is 17.4. The van der Waals surface area contributed by atoms with Gasteiger partial charge in [-0.2, -0.15) is 0 Å². The lowest BCUT2D eigenvalue weighted by Crippen LogP contribution is -2.69. The first-order chi connectivity index (χ1) is 11.3. The van der Waals surface area contributed by atoms with Crippen LogP contribution in [0.15, 0.2) is 16.1 Å². The maximum absolute atomic E-state index is 13.1. The summed E-state index contributed by atoms with van der Waals surface area (Å²) in [6.07, 6.45) is 4.99. The van der Waals surface area contributed by atoms with E-state index in [0.29, 0.717) is 28.4 Å². The molecule has 2 atom stereocenters. The molecule has 0 N–H and O–H groups in total. The fraction of sp³-hybridized carbons (Fsp3) is 0.529. The first-order valence-electron chi connectivity index (χ1n) is 8.05. The number of aromatic nitrogens is 3. The van der Waals surface area contributed by atoms with Crippen LogP contribution in [0.5, 0.6) is 0 Å². The predicted molar refractivity (Wildman–Crippen MR) is 90.7 cm³/mol. The molecule has 0 saturated heterocycles. The summed E-state index contributed by atoms with van der Waals surface area (Å²) >= 11 is 0. The zero-order valence-corrected chi connectivity index (χ0v) is 14.9. The zero-order valence-electron chi connectivity index (χ0n) is 14.1. The van der Waals surface area contributed by atoms with Crippen LogP contribution in [0, 0.1) is 18.8 Å². The molecular formula is C17H19N3O3S. The van der Waals surface area contributed by atoms with Crippen molar-refractivity contribution in [2.45, 2.75) is 44.3 Å². The number of fused-ring (bicyclic) bond motifs is 1. The van der Waals surface area contributed by atoms with Crippen LogP contribution in [0.3, 0.4) is 0 Å². The monoisotopic (exact) mass is 345 g/mol. The van der Waals surface area contributed by atoms with E-state index in [-0.39, 0.29) is 27.6 Å². The molecule has 3 aliphatic carbocycles. The molecule has 5 rings (SSSR count). The Morgan fingerprint density at radius 2 is 2.08 bits per heavy atom. The van der Waals surface area contributed by atoms with E-state index in [1.807, 2.05) is 0 Å². The van der Waals surface area contributed by atoms with Crippen molar-refractivity contribution in [2.75, 3.05) is 6.26 Å². The predicted octanol–water partition coefficient (Wildman–Crippen LogP) is 1.79. The van der Waals surface area contributed by atoms with Crippen molar-refractivity contribution in [1.82, 2.24) is 14.5 Å². The lowest BCUT2D eigenvalue weighted by molar-refractivity contribution is -0.162. The number of carbonyl (C=O) groups excluding carboxylic acids is 1. The number of nitrogens with zero attached hydrogens (tertiary/aromatic N) is 3. The van der Waals surface area contributed by atoms with Gasteiger partial charge in [0.05, 0.1) is 21.9 Å². The second-order valence-electron chi connectivity index (χ2n) is 7.10. The second-order valence-corrected chi connectivity index (χ2v) is 8.37. The molecule has 3 saturated carbocycles. The van der Waals surface area contributed by atoms with E-state index in [9.17, 15) is 13.8 Å². The molecule has 0 spiro atoms. The van der Waals surface area contributed by atoms with Gasteiger partial charge in [-0.15, -0.1) is 0 Å². The third-order valence-corrected chi connectivity index (χ3v) is 6.71. The molecule has 3 aliphatic rings. The number of aryl methyl sites for hydroxylation is 1. The van der Waals surface area contributed by atoms with E-state index >= 15 is 0 Å². The molecule has 24 heavy (non-hydrogen) atoms. The number of pyridine rings is 1. The van der Waals surface area contributed by atoms with Gasteiger partial charge in [0.15, 0.2) is 5.78 Å². The molecule has 2 aromatic heterocycles. The number of carbonyl (C=O) groups is 1. The van der Waals surface area contributed by atoms with Crippen LogP contribution >= 0.6 is 0 Å². The largest absolute Gasteiger partial charge is 0.294 e. The maximum Gasteiger partial charge on any atom is 0.263 e. The Hall–Kier alpha value is -1.89. The van der Waals surface area contributed by atoms with Crippen molar-refractivity contribution in [3.8, 4) is 0 Å². The highest BCUT2D eigenvalue weighted by Gasteiger charge is 2.65. The Bertz CT molecular complexity index is 989. The van der Waals surface area contributed by atoms with Crippen LogP contribution < -0.4 is 5.56 Å². The van der Waals surface area contributed by atoms with Crippen molar-refractivity contribution >= 4 is 27.6 Å². The van der Waals surface area contributed by atoms with Crippen molar-refractivity contribution in [2.24, 2.45) is 11.8 Å². The quantitative estimate of drug-likeness (QED) is 0.626. The highest BCUT2D eigenvalue weighted by Crippen LogP contribution is 2.66. The normalized spacial score (nSPS) is 29.0. The molecule has 2 bridgehead atoms. The summed E-state index contributed by atoms with van der Waals surface area (Å²) in [5, 5.41) is 0.899. The Labute approximate surface area is 141 Å². The first-order valence-corrected chi connectivity index (χ1v) is 9.61. The number of Topliss-reactive ketones (excluding diaryl/α,β-unsaturated/α-hetero) is 1. The summed E-state index contributed by atoms with van der Waals surface area (Å²) in [6, 6.07) is 0. The molecule has 2 aromatic rings. The van der Waals surface area contributed by atoms with Crippen LogP contribution in [0.2, 0.25) is 0 Å². The van der Waals surface area contributed by atoms with Gasteiger partial charge in [-0.1, -0.05) is 6.92 Å². The fourth-order valence-electron chi connectivity index (χ4n) is 4.34. The third-order valence-electron chi connectivity index (χ3n) is 5.99. The van der Waals surface area contributed by atoms with Gasteiger partial charge in [0.1, 0.15) is 5.65 Å². The molecule has 0 amide bonds. The minimum absolute atomic E-state index is 0.213. The Morgan fingerprint density at radius 1 is 1.42 bits per heavy atom. The first kappa shape index (κ1) is 15.6. The van der Waals surface area contributed by atoms with Gasteiger partial charge in [-0.3, -0.25) is 18.4 Å². The summed E-state index contributed by atoms with van der Waals surface area (Å²) in [6.45, 7) is 5.31. The Morgan fingerprint density at radius 3 is 2.54 bits per heavy atom. The van der Waals surface area contributed by atoms with Crippen molar-refractivity contribution < 1.29 is 9.00 Å². The SMILES string of the molecule is CC(=O)c1c(C)c2cnc(S(C)=O)nc2n(C23CC(C2)[C@H]3C)c1=O. The average molecular weight is 345 g/mol. The summed E-state index contributed by atoms with van der Waals surface area (Å²) in [5.41, 5.74) is 0.801. The van der Waals surface area contributed by atoms with Crippen LogP contribution in [0.4, 0.5) is 0 Å². The molecule has 1 unspecified atom stereocenters.